The van der Waals surface area contributed by atoms with E-state index in [0.717, 1.165) is 24.6 Å². The minimum atomic E-state index is 0.375. The monoisotopic (exact) mass is 292 g/mol. The second-order valence-electron chi connectivity index (χ2n) is 4.43. The van der Waals surface area contributed by atoms with Crippen LogP contribution < -0.4 is 10.6 Å². The fourth-order valence-corrected chi connectivity index (χ4v) is 1.73. The van der Waals surface area contributed by atoms with Gasteiger partial charge in [0.25, 0.3) is 0 Å². The summed E-state index contributed by atoms with van der Waals surface area (Å²) >= 11 is 0. The van der Waals surface area contributed by atoms with E-state index in [9.17, 15) is 0 Å². The van der Waals surface area contributed by atoms with Crippen molar-refractivity contribution in [3.63, 3.8) is 0 Å². The van der Waals surface area contributed by atoms with Crippen LogP contribution in [0.4, 0.5) is 11.6 Å². The second-order valence-corrected chi connectivity index (χ2v) is 4.43. The molecule has 0 radical (unpaired) electrons. The molecule has 0 spiro atoms. The molecular formula is C13H20N6O2. The van der Waals surface area contributed by atoms with E-state index in [1.807, 2.05) is 6.07 Å². The van der Waals surface area contributed by atoms with Crippen LogP contribution in [0, 0.1) is 0 Å². The lowest BCUT2D eigenvalue weighted by molar-refractivity contribution is 0.178. The molecule has 0 fully saturated rings. The summed E-state index contributed by atoms with van der Waals surface area (Å²) in [5.41, 5.74) is 0. The van der Waals surface area contributed by atoms with Gasteiger partial charge in [0.1, 0.15) is 18.2 Å². The van der Waals surface area contributed by atoms with Crippen molar-refractivity contribution in [2.75, 3.05) is 30.8 Å². The molecule has 0 amide bonds. The third-order valence-corrected chi connectivity index (χ3v) is 2.65. The molecule has 2 rings (SSSR count). The highest BCUT2D eigenvalue weighted by molar-refractivity contribution is 5.47. The van der Waals surface area contributed by atoms with Crippen molar-refractivity contribution >= 4 is 11.6 Å². The molecule has 8 heteroatoms. The molecule has 2 N–H and O–H groups in total. The summed E-state index contributed by atoms with van der Waals surface area (Å²) in [6.07, 6.45) is 3.06. The van der Waals surface area contributed by atoms with E-state index < -0.39 is 0 Å². The van der Waals surface area contributed by atoms with Crippen molar-refractivity contribution in [2.24, 2.45) is 0 Å². The number of nitrogens with one attached hydrogen (secondary N) is 2. The first-order valence-electron chi connectivity index (χ1n) is 6.92. The van der Waals surface area contributed by atoms with Crippen LogP contribution in [0.1, 0.15) is 25.1 Å². The van der Waals surface area contributed by atoms with Gasteiger partial charge < -0.3 is 19.9 Å². The van der Waals surface area contributed by atoms with Crippen molar-refractivity contribution in [3.8, 4) is 0 Å². The first kappa shape index (κ1) is 15.2. The van der Waals surface area contributed by atoms with E-state index in [4.69, 9.17) is 9.26 Å². The maximum atomic E-state index is 5.09. The number of rotatable bonds is 9. The highest BCUT2D eigenvalue weighted by Gasteiger charge is 2.05. The molecule has 0 aliphatic rings. The zero-order valence-electron chi connectivity index (χ0n) is 12.3. The fraction of sp³-hybridized carbons (Fsp3) is 0.538. The van der Waals surface area contributed by atoms with E-state index in [1.165, 1.54) is 6.33 Å². The van der Waals surface area contributed by atoms with Crippen molar-refractivity contribution in [1.29, 1.82) is 0 Å². The molecule has 0 saturated heterocycles. The predicted octanol–water partition coefficient (Wildman–Crippen LogP) is 1.48. The lowest BCUT2D eigenvalue weighted by Crippen LogP contribution is -2.11. The van der Waals surface area contributed by atoms with E-state index >= 15 is 0 Å². The van der Waals surface area contributed by atoms with Gasteiger partial charge in [0.15, 0.2) is 12.2 Å². The molecule has 0 unspecified atom stereocenters. The number of hydrogen-bond acceptors (Lipinski definition) is 8. The van der Waals surface area contributed by atoms with Crippen LogP contribution in [0.25, 0.3) is 0 Å². The molecule has 21 heavy (non-hydrogen) atoms. The van der Waals surface area contributed by atoms with E-state index in [1.54, 1.807) is 7.11 Å². The lowest BCUT2D eigenvalue weighted by atomic mass is 10.4. The Balaban J connectivity index is 1.97. The Morgan fingerprint density at radius 1 is 1.19 bits per heavy atom. The molecule has 114 valence electrons. The van der Waals surface area contributed by atoms with Gasteiger partial charge in [-0.25, -0.2) is 9.97 Å². The minimum Gasteiger partial charge on any atom is -0.377 e. The number of anilines is 2. The second kappa shape index (κ2) is 8.15. The molecule has 0 aromatic carbocycles. The smallest absolute Gasteiger partial charge is 0.228 e. The fourth-order valence-electron chi connectivity index (χ4n) is 1.73. The van der Waals surface area contributed by atoms with Gasteiger partial charge in [-0.1, -0.05) is 12.1 Å². The van der Waals surface area contributed by atoms with Gasteiger partial charge in [-0.3, -0.25) is 0 Å². The third-order valence-electron chi connectivity index (χ3n) is 2.65. The van der Waals surface area contributed by atoms with Crippen LogP contribution in [0.3, 0.4) is 0 Å². The van der Waals surface area contributed by atoms with Crippen LogP contribution in [-0.4, -0.2) is 40.3 Å². The summed E-state index contributed by atoms with van der Waals surface area (Å²) in [7, 11) is 1.62. The van der Waals surface area contributed by atoms with Crippen LogP contribution in [0.15, 0.2) is 16.9 Å². The topological polar surface area (TPSA) is 98.0 Å². The minimum absolute atomic E-state index is 0.375. The SMILES string of the molecule is CCCNc1cc(NCCc2ncno2)nc(COC)n1. The average molecular weight is 292 g/mol. The van der Waals surface area contributed by atoms with Crippen LogP contribution in [-0.2, 0) is 17.8 Å². The van der Waals surface area contributed by atoms with Gasteiger partial charge in [-0.05, 0) is 6.42 Å². The molecule has 0 saturated carbocycles. The zero-order chi connectivity index (χ0) is 14.9. The molecule has 0 bridgehead atoms. The van der Waals surface area contributed by atoms with Gasteiger partial charge in [0.05, 0.1) is 0 Å². The van der Waals surface area contributed by atoms with Crippen molar-refractivity contribution in [3.05, 3.63) is 24.1 Å². The zero-order valence-corrected chi connectivity index (χ0v) is 12.3. The predicted molar refractivity (Wildman–Crippen MR) is 78.0 cm³/mol. The van der Waals surface area contributed by atoms with Gasteiger partial charge >= 0.3 is 0 Å². The lowest BCUT2D eigenvalue weighted by Gasteiger charge is -2.10. The maximum Gasteiger partial charge on any atom is 0.228 e. The van der Waals surface area contributed by atoms with Crippen LogP contribution >= 0.6 is 0 Å². The summed E-state index contributed by atoms with van der Waals surface area (Å²) in [5.74, 6) is 2.77. The first-order chi connectivity index (χ1) is 10.3. The summed E-state index contributed by atoms with van der Waals surface area (Å²) in [4.78, 5) is 12.8. The summed E-state index contributed by atoms with van der Waals surface area (Å²) in [5, 5.41) is 10.0. The standard InChI is InChI=1S/C13H20N6O2/c1-3-5-14-10-7-11(19-12(18-10)8-20-2)15-6-4-13-16-9-17-21-13/h7,9H,3-6,8H2,1-2H3,(H2,14,15,18,19). The van der Waals surface area contributed by atoms with Gasteiger partial charge in [0, 0.05) is 32.7 Å². The Kier molecular flexibility index (Phi) is 5.89. The first-order valence-corrected chi connectivity index (χ1v) is 6.92. The summed E-state index contributed by atoms with van der Waals surface area (Å²) in [6, 6.07) is 1.88. The normalized spacial score (nSPS) is 10.6. The number of hydrogen-bond donors (Lipinski definition) is 2. The van der Waals surface area contributed by atoms with Gasteiger partial charge in [0.2, 0.25) is 5.89 Å². The maximum absolute atomic E-state index is 5.09. The largest absolute Gasteiger partial charge is 0.377 e. The quantitative estimate of drug-likeness (QED) is 0.717. The Morgan fingerprint density at radius 2 is 1.95 bits per heavy atom. The van der Waals surface area contributed by atoms with Crippen molar-refractivity contribution in [1.82, 2.24) is 20.1 Å². The Hall–Kier alpha value is -2.22. The molecule has 2 heterocycles. The Labute approximate surface area is 123 Å². The van der Waals surface area contributed by atoms with Crippen LogP contribution in [0.2, 0.25) is 0 Å². The average Bonchev–Trinajstić information content (AvgIpc) is 2.99. The van der Waals surface area contributed by atoms with Crippen LogP contribution in [0.5, 0.6) is 0 Å². The number of methoxy groups -OCH3 is 1. The molecular weight excluding hydrogens is 272 g/mol. The Morgan fingerprint density at radius 3 is 2.57 bits per heavy atom. The van der Waals surface area contributed by atoms with Crippen molar-refractivity contribution < 1.29 is 9.26 Å². The molecule has 0 aliphatic heterocycles. The summed E-state index contributed by atoms with van der Waals surface area (Å²) < 4.78 is 10.0. The number of aromatic nitrogens is 4. The van der Waals surface area contributed by atoms with E-state index in [0.29, 0.717) is 31.3 Å². The Bertz CT molecular complexity index is 531. The number of ether oxygens (including phenoxy) is 1. The molecule has 2 aromatic heterocycles. The van der Waals surface area contributed by atoms with E-state index in [-0.39, 0.29) is 0 Å². The molecule has 8 nitrogen and oxygen atoms in total. The summed E-state index contributed by atoms with van der Waals surface area (Å²) in [6.45, 7) is 4.00. The van der Waals surface area contributed by atoms with Gasteiger partial charge in [-0.15, -0.1) is 0 Å². The highest BCUT2D eigenvalue weighted by Crippen LogP contribution is 2.12. The number of nitrogens with zero attached hydrogens (tertiary/aromatic N) is 4. The highest BCUT2D eigenvalue weighted by atomic mass is 16.5. The van der Waals surface area contributed by atoms with Gasteiger partial charge in [-0.2, -0.15) is 4.98 Å². The molecule has 0 atom stereocenters. The third kappa shape index (κ3) is 4.99. The van der Waals surface area contributed by atoms with E-state index in [2.05, 4.69) is 37.7 Å². The molecule has 0 aliphatic carbocycles. The molecule has 2 aromatic rings. The van der Waals surface area contributed by atoms with Crippen molar-refractivity contribution in [2.45, 2.75) is 26.4 Å².